The topological polar surface area (TPSA) is 49.6 Å². The molecule has 1 atom stereocenters. The van der Waals surface area contributed by atoms with Crippen LogP contribution in [0.25, 0.3) is 0 Å². The summed E-state index contributed by atoms with van der Waals surface area (Å²) in [5, 5.41) is 0. The van der Waals surface area contributed by atoms with E-state index in [-0.39, 0.29) is 17.5 Å². The number of carbonyl (C=O) groups excluding carboxylic acids is 1. The highest BCUT2D eigenvalue weighted by Crippen LogP contribution is 2.25. The number of likely N-dealkylation sites (N-methyl/N-ethyl adjacent to an activating group) is 1. The van der Waals surface area contributed by atoms with Gasteiger partial charge in [-0.25, -0.2) is 0 Å². The number of carbonyl (C=O) groups is 1. The van der Waals surface area contributed by atoms with E-state index >= 15 is 0 Å². The van der Waals surface area contributed by atoms with E-state index in [2.05, 4.69) is 32.6 Å². The van der Waals surface area contributed by atoms with Crippen LogP contribution >= 0.6 is 0 Å². The maximum Gasteiger partial charge on any atom is 0.240 e. The van der Waals surface area contributed by atoms with Gasteiger partial charge < -0.3 is 10.6 Å². The molecule has 1 heterocycles. The average molecular weight is 241 g/mol. The SMILES string of the molecule is CC(C)CN1CC(C)(C)N(C)C(=O)C1CCN. The van der Waals surface area contributed by atoms with E-state index < -0.39 is 0 Å². The van der Waals surface area contributed by atoms with Crippen molar-refractivity contribution in [3.8, 4) is 0 Å². The molecule has 1 fully saturated rings. The van der Waals surface area contributed by atoms with Gasteiger partial charge >= 0.3 is 0 Å². The zero-order chi connectivity index (χ0) is 13.2. The molecule has 1 saturated heterocycles. The van der Waals surface area contributed by atoms with Crippen LogP contribution in [0.15, 0.2) is 0 Å². The summed E-state index contributed by atoms with van der Waals surface area (Å²) in [7, 11) is 1.90. The first kappa shape index (κ1) is 14.5. The van der Waals surface area contributed by atoms with Crippen LogP contribution in [-0.2, 0) is 4.79 Å². The maximum atomic E-state index is 12.4. The Bertz CT molecular complexity index is 276. The van der Waals surface area contributed by atoms with E-state index in [0.717, 1.165) is 19.5 Å². The number of piperazine rings is 1. The van der Waals surface area contributed by atoms with Crippen molar-refractivity contribution in [1.29, 1.82) is 0 Å². The molecule has 1 aliphatic heterocycles. The standard InChI is InChI=1S/C13H27N3O/c1-10(2)8-16-9-13(3,4)15(5)12(17)11(16)6-7-14/h10-11H,6-9,14H2,1-5H3. The van der Waals surface area contributed by atoms with Crippen molar-refractivity contribution in [3.63, 3.8) is 0 Å². The summed E-state index contributed by atoms with van der Waals surface area (Å²) in [5.41, 5.74) is 5.54. The van der Waals surface area contributed by atoms with Gasteiger partial charge in [-0.15, -0.1) is 0 Å². The lowest BCUT2D eigenvalue weighted by atomic mass is 9.93. The lowest BCUT2D eigenvalue weighted by Crippen LogP contribution is -2.65. The molecular weight excluding hydrogens is 214 g/mol. The number of amides is 1. The molecular formula is C13H27N3O. The second kappa shape index (κ2) is 5.36. The Morgan fingerprint density at radius 3 is 2.53 bits per heavy atom. The second-order valence-electron chi connectivity index (χ2n) is 6.13. The van der Waals surface area contributed by atoms with Crippen LogP contribution in [0.3, 0.4) is 0 Å². The van der Waals surface area contributed by atoms with E-state index in [1.807, 2.05) is 11.9 Å². The van der Waals surface area contributed by atoms with Crippen molar-refractivity contribution < 1.29 is 4.79 Å². The summed E-state index contributed by atoms with van der Waals surface area (Å²) in [6, 6.07) is -0.0274. The van der Waals surface area contributed by atoms with Crippen molar-refractivity contribution >= 4 is 5.91 Å². The quantitative estimate of drug-likeness (QED) is 0.796. The molecule has 4 heteroatoms. The normalized spacial score (nSPS) is 25.7. The van der Waals surface area contributed by atoms with Gasteiger partial charge in [0.2, 0.25) is 5.91 Å². The fourth-order valence-electron chi connectivity index (χ4n) is 2.52. The highest BCUT2D eigenvalue weighted by molar-refractivity contribution is 5.83. The third-order valence-corrected chi connectivity index (χ3v) is 3.59. The van der Waals surface area contributed by atoms with Crippen LogP contribution in [-0.4, -0.2) is 54.0 Å². The van der Waals surface area contributed by atoms with Crippen molar-refractivity contribution in [3.05, 3.63) is 0 Å². The number of nitrogens with zero attached hydrogens (tertiary/aromatic N) is 2. The molecule has 0 radical (unpaired) electrons. The molecule has 0 spiro atoms. The van der Waals surface area contributed by atoms with Gasteiger partial charge in [0.1, 0.15) is 0 Å². The second-order valence-corrected chi connectivity index (χ2v) is 6.13. The molecule has 0 aromatic rings. The predicted molar refractivity (Wildman–Crippen MR) is 70.7 cm³/mol. The Morgan fingerprint density at radius 1 is 1.47 bits per heavy atom. The van der Waals surface area contributed by atoms with Gasteiger partial charge in [-0.3, -0.25) is 9.69 Å². The largest absolute Gasteiger partial charge is 0.338 e. The minimum atomic E-state index is -0.0862. The summed E-state index contributed by atoms with van der Waals surface area (Å²) in [6.07, 6.45) is 0.756. The van der Waals surface area contributed by atoms with Gasteiger partial charge in [0.05, 0.1) is 6.04 Å². The van der Waals surface area contributed by atoms with Crippen molar-refractivity contribution in [2.75, 3.05) is 26.7 Å². The molecule has 1 aliphatic rings. The zero-order valence-electron chi connectivity index (χ0n) is 11.9. The van der Waals surface area contributed by atoms with Crippen LogP contribution < -0.4 is 5.73 Å². The lowest BCUT2D eigenvalue weighted by molar-refractivity contribution is -0.149. The summed E-state index contributed by atoms with van der Waals surface area (Å²) < 4.78 is 0. The van der Waals surface area contributed by atoms with Crippen molar-refractivity contribution in [1.82, 2.24) is 9.80 Å². The smallest absolute Gasteiger partial charge is 0.240 e. The third kappa shape index (κ3) is 3.19. The molecule has 1 amide bonds. The minimum Gasteiger partial charge on any atom is -0.338 e. The number of rotatable bonds is 4. The highest BCUT2D eigenvalue weighted by atomic mass is 16.2. The molecule has 0 bridgehead atoms. The Balaban J connectivity index is 2.87. The maximum absolute atomic E-state index is 12.4. The van der Waals surface area contributed by atoms with Crippen LogP contribution in [0.1, 0.15) is 34.1 Å². The fraction of sp³-hybridized carbons (Fsp3) is 0.923. The molecule has 1 unspecified atom stereocenters. The number of nitrogens with two attached hydrogens (primary N) is 1. The average Bonchev–Trinajstić information content (AvgIpc) is 2.20. The fourth-order valence-corrected chi connectivity index (χ4v) is 2.52. The van der Waals surface area contributed by atoms with Crippen LogP contribution in [0.2, 0.25) is 0 Å². The predicted octanol–water partition coefficient (Wildman–Crippen LogP) is 0.912. The summed E-state index contributed by atoms with van der Waals surface area (Å²) >= 11 is 0. The van der Waals surface area contributed by atoms with Gasteiger partial charge in [0.25, 0.3) is 0 Å². The first-order valence-electron chi connectivity index (χ1n) is 6.51. The lowest BCUT2D eigenvalue weighted by Gasteiger charge is -2.49. The minimum absolute atomic E-state index is 0.0274. The molecule has 17 heavy (non-hydrogen) atoms. The molecule has 1 rings (SSSR count). The highest BCUT2D eigenvalue weighted by Gasteiger charge is 2.42. The summed E-state index contributed by atoms with van der Waals surface area (Å²) in [5.74, 6) is 0.787. The van der Waals surface area contributed by atoms with Crippen LogP contribution in [0, 0.1) is 5.92 Å². The monoisotopic (exact) mass is 241 g/mol. The third-order valence-electron chi connectivity index (χ3n) is 3.59. The first-order valence-corrected chi connectivity index (χ1v) is 6.51. The Kier molecular flexibility index (Phi) is 4.55. The van der Waals surface area contributed by atoms with Crippen molar-refractivity contribution in [2.45, 2.75) is 45.7 Å². The molecule has 2 N–H and O–H groups in total. The molecule has 0 aromatic carbocycles. The Labute approximate surface area is 105 Å². The first-order chi connectivity index (χ1) is 7.79. The Morgan fingerprint density at radius 2 is 2.06 bits per heavy atom. The van der Waals surface area contributed by atoms with E-state index in [0.29, 0.717) is 12.5 Å². The van der Waals surface area contributed by atoms with Gasteiger partial charge in [0, 0.05) is 25.7 Å². The van der Waals surface area contributed by atoms with Gasteiger partial charge in [0.15, 0.2) is 0 Å². The van der Waals surface area contributed by atoms with Gasteiger partial charge in [-0.2, -0.15) is 0 Å². The van der Waals surface area contributed by atoms with Gasteiger partial charge in [-0.1, -0.05) is 13.8 Å². The summed E-state index contributed by atoms with van der Waals surface area (Å²) in [6.45, 7) is 11.1. The van der Waals surface area contributed by atoms with Crippen LogP contribution in [0.5, 0.6) is 0 Å². The van der Waals surface area contributed by atoms with E-state index in [4.69, 9.17) is 5.73 Å². The summed E-state index contributed by atoms with van der Waals surface area (Å²) in [4.78, 5) is 16.5. The van der Waals surface area contributed by atoms with Gasteiger partial charge in [-0.05, 0) is 32.7 Å². The Hall–Kier alpha value is -0.610. The molecule has 4 nitrogen and oxygen atoms in total. The molecule has 0 aromatic heterocycles. The van der Waals surface area contributed by atoms with E-state index in [1.54, 1.807) is 0 Å². The zero-order valence-corrected chi connectivity index (χ0v) is 11.9. The molecule has 0 aliphatic carbocycles. The van der Waals surface area contributed by atoms with E-state index in [9.17, 15) is 4.79 Å². The number of hydrogen-bond donors (Lipinski definition) is 1. The number of hydrogen-bond acceptors (Lipinski definition) is 3. The van der Waals surface area contributed by atoms with Crippen molar-refractivity contribution in [2.24, 2.45) is 11.7 Å². The van der Waals surface area contributed by atoms with Crippen LogP contribution in [0.4, 0.5) is 0 Å². The molecule has 0 saturated carbocycles. The van der Waals surface area contributed by atoms with E-state index in [1.165, 1.54) is 0 Å². The molecule has 100 valence electrons.